The Kier molecular flexibility index (Phi) is 7.69. The molecule has 1 atom stereocenters. The summed E-state index contributed by atoms with van der Waals surface area (Å²) in [6.45, 7) is 6.72. The minimum atomic E-state index is 0. The van der Waals surface area contributed by atoms with E-state index in [0.29, 0.717) is 12.3 Å². The summed E-state index contributed by atoms with van der Waals surface area (Å²) in [5, 5.41) is 3.38. The summed E-state index contributed by atoms with van der Waals surface area (Å²) in [4.78, 5) is 14.6. The molecule has 0 spiro atoms. The van der Waals surface area contributed by atoms with Gasteiger partial charge in [0.2, 0.25) is 5.91 Å². The van der Waals surface area contributed by atoms with Crippen molar-refractivity contribution in [2.45, 2.75) is 32.7 Å². The van der Waals surface area contributed by atoms with Crippen LogP contribution in [0.5, 0.6) is 5.75 Å². The second-order valence-electron chi connectivity index (χ2n) is 5.98. The molecule has 0 aliphatic carbocycles. The Labute approximate surface area is 139 Å². The Morgan fingerprint density at radius 2 is 2.14 bits per heavy atom. The maximum atomic E-state index is 12.5. The number of hydrogen-bond donors (Lipinski definition) is 1. The third-order valence-electron chi connectivity index (χ3n) is 4.00. The minimum absolute atomic E-state index is 0. The van der Waals surface area contributed by atoms with Gasteiger partial charge in [0.05, 0.1) is 13.2 Å². The van der Waals surface area contributed by atoms with Crippen molar-refractivity contribution in [3.8, 4) is 5.75 Å². The van der Waals surface area contributed by atoms with Gasteiger partial charge in [-0.05, 0) is 18.4 Å². The topological polar surface area (TPSA) is 41.6 Å². The first kappa shape index (κ1) is 18.8. The van der Waals surface area contributed by atoms with Crippen LogP contribution in [0.15, 0.2) is 24.3 Å². The van der Waals surface area contributed by atoms with Crippen LogP contribution in [-0.2, 0) is 4.79 Å². The third kappa shape index (κ3) is 4.62. The van der Waals surface area contributed by atoms with E-state index in [1.807, 2.05) is 23.1 Å². The van der Waals surface area contributed by atoms with E-state index in [-0.39, 0.29) is 24.4 Å². The van der Waals surface area contributed by atoms with Gasteiger partial charge in [-0.25, -0.2) is 0 Å². The number of halogens is 1. The van der Waals surface area contributed by atoms with Gasteiger partial charge in [0.25, 0.3) is 0 Å². The lowest BCUT2D eigenvalue weighted by atomic mass is 10.0. The van der Waals surface area contributed by atoms with Crippen molar-refractivity contribution in [2.75, 3.05) is 26.7 Å². The van der Waals surface area contributed by atoms with Crippen LogP contribution >= 0.6 is 12.4 Å². The van der Waals surface area contributed by atoms with E-state index in [4.69, 9.17) is 4.74 Å². The lowest BCUT2D eigenvalue weighted by Crippen LogP contribution is -2.48. The molecule has 0 bridgehead atoms. The molecule has 124 valence electrons. The monoisotopic (exact) mass is 326 g/mol. The van der Waals surface area contributed by atoms with Gasteiger partial charge in [-0.3, -0.25) is 4.79 Å². The number of ether oxygens (including phenoxy) is 1. The molecule has 1 saturated heterocycles. The van der Waals surface area contributed by atoms with Crippen molar-refractivity contribution < 1.29 is 9.53 Å². The number of carbonyl (C=O) groups is 1. The third-order valence-corrected chi connectivity index (χ3v) is 4.00. The van der Waals surface area contributed by atoms with E-state index in [1.54, 1.807) is 7.11 Å². The van der Waals surface area contributed by atoms with Gasteiger partial charge < -0.3 is 15.0 Å². The summed E-state index contributed by atoms with van der Waals surface area (Å²) in [6.07, 6.45) is 1.57. The molecule has 1 aliphatic heterocycles. The first-order valence-corrected chi connectivity index (χ1v) is 7.76. The van der Waals surface area contributed by atoms with Gasteiger partial charge >= 0.3 is 0 Å². The number of benzene rings is 1. The predicted molar refractivity (Wildman–Crippen MR) is 91.6 cm³/mol. The number of amides is 1. The number of para-hydroxylation sites is 1. The fraction of sp³-hybridized carbons (Fsp3) is 0.588. The van der Waals surface area contributed by atoms with Crippen LogP contribution < -0.4 is 10.1 Å². The highest BCUT2D eigenvalue weighted by Gasteiger charge is 2.29. The lowest BCUT2D eigenvalue weighted by Gasteiger charge is -2.37. The van der Waals surface area contributed by atoms with Gasteiger partial charge in [-0.2, -0.15) is 0 Å². The molecule has 0 radical (unpaired) electrons. The Bertz CT molecular complexity index is 479. The molecule has 1 amide bonds. The zero-order valence-corrected chi connectivity index (χ0v) is 14.5. The molecule has 1 fully saturated rings. The van der Waals surface area contributed by atoms with Gasteiger partial charge in [0.1, 0.15) is 5.75 Å². The van der Waals surface area contributed by atoms with Crippen LogP contribution in [0.3, 0.4) is 0 Å². The smallest absolute Gasteiger partial charge is 0.223 e. The van der Waals surface area contributed by atoms with Crippen LogP contribution in [0.1, 0.15) is 38.3 Å². The highest BCUT2D eigenvalue weighted by atomic mass is 35.5. The standard InChI is InChI=1S/C17H26N2O2.ClH/c1-13(2)8-9-17(20)19-11-10-18-12-15(19)14-6-4-5-7-16(14)21-3;/h4-7,13,15,18H,8-12H2,1-3H3;1H. The fourth-order valence-corrected chi connectivity index (χ4v) is 2.78. The summed E-state index contributed by atoms with van der Waals surface area (Å²) >= 11 is 0. The van der Waals surface area contributed by atoms with Gasteiger partial charge in [0.15, 0.2) is 0 Å². The molecule has 1 aliphatic rings. The molecule has 22 heavy (non-hydrogen) atoms. The number of piperazine rings is 1. The first-order chi connectivity index (χ1) is 10.1. The zero-order chi connectivity index (χ0) is 15.2. The average Bonchev–Trinajstić information content (AvgIpc) is 2.52. The minimum Gasteiger partial charge on any atom is -0.496 e. The van der Waals surface area contributed by atoms with Crippen LogP contribution in [0.4, 0.5) is 0 Å². The molecule has 1 aromatic carbocycles. The second-order valence-corrected chi connectivity index (χ2v) is 5.98. The highest BCUT2D eigenvalue weighted by molar-refractivity contribution is 5.85. The molecule has 1 N–H and O–H groups in total. The van der Waals surface area contributed by atoms with E-state index in [9.17, 15) is 4.79 Å². The largest absolute Gasteiger partial charge is 0.496 e. The number of carbonyl (C=O) groups excluding carboxylic acids is 1. The molecule has 0 aromatic heterocycles. The van der Waals surface area contributed by atoms with Gasteiger partial charge in [0, 0.05) is 31.6 Å². The Hall–Kier alpha value is -1.26. The molecular weight excluding hydrogens is 300 g/mol. The van der Waals surface area contributed by atoms with Crippen molar-refractivity contribution in [3.05, 3.63) is 29.8 Å². The van der Waals surface area contributed by atoms with Crippen LogP contribution in [0.25, 0.3) is 0 Å². The SMILES string of the molecule is COc1ccccc1C1CNCCN1C(=O)CCC(C)C.Cl. The molecular formula is C17H27ClN2O2. The normalized spacial score (nSPS) is 18.0. The van der Waals surface area contributed by atoms with Crippen molar-refractivity contribution in [2.24, 2.45) is 5.92 Å². The lowest BCUT2D eigenvalue weighted by molar-refractivity contribution is -0.134. The van der Waals surface area contributed by atoms with E-state index < -0.39 is 0 Å². The summed E-state index contributed by atoms with van der Waals surface area (Å²) in [5.41, 5.74) is 1.09. The number of nitrogens with zero attached hydrogens (tertiary/aromatic N) is 1. The number of nitrogens with one attached hydrogen (secondary N) is 1. The molecule has 5 heteroatoms. The number of hydrogen-bond acceptors (Lipinski definition) is 3. The Morgan fingerprint density at radius 3 is 2.82 bits per heavy atom. The molecule has 2 rings (SSSR count). The van der Waals surface area contributed by atoms with Crippen LogP contribution in [0.2, 0.25) is 0 Å². The van der Waals surface area contributed by atoms with Gasteiger partial charge in [-0.15, -0.1) is 12.4 Å². The van der Waals surface area contributed by atoms with Crippen molar-refractivity contribution in [1.82, 2.24) is 10.2 Å². The van der Waals surface area contributed by atoms with Gasteiger partial charge in [-0.1, -0.05) is 32.0 Å². The number of methoxy groups -OCH3 is 1. The average molecular weight is 327 g/mol. The fourth-order valence-electron chi connectivity index (χ4n) is 2.78. The summed E-state index contributed by atoms with van der Waals surface area (Å²) in [7, 11) is 1.68. The van der Waals surface area contributed by atoms with E-state index in [2.05, 4.69) is 25.2 Å². The molecule has 1 aromatic rings. The summed E-state index contributed by atoms with van der Waals surface area (Å²) in [5.74, 6) is 1.66. The summed E-state index contributed by atoms with van der Waals surface area (Å²) < 4.78 is 5.46. The predicted octanol–water partition coefficient (Wildman–Crippen LogP) is 3.03. The van der Waals surface area contributed by atoms with E-state index >= 15 is 0 Å². The quantitative estimate of drug-likeness (QED) is 0.904. The van der Waals surface area contributed by atoms with Crippen LogP contribution in [-0.4, -0.2) is 37.6 Å². The van der Waals surface area contributed by atoms with Crippen molar-refractivity contribution >= 4 is 18.3 Å². The maximum Gasteiger partial charge on any atom is 0.223 e. The van der Waals surface area contributed by atoms with Crippen molar-refractivity contribution in [1.29, 1.82) is 0 Å². The molecule has 1 unspecified atom stereocenters. The molecule has 4 nitrogen and oxygen atoms in total. The maximum absolute atomic E-state index is 12.5. The zero-order valence-electron chi connectivity index (χ0n) is 13.7. The van der Waals surface area contributed by atoms with Crippen molar-refractivity contribution in [3.63, 3.8) is 0 Å². The van der Waals surface area contributed by atoms with E-state index in [0.717, 1.165) is 37.4 Å². The molecule has 1 heterocycles. The first-order valence-electron chi connectivity index (χ1n) is 7.76. The second kappa shape index (κ2) is 9.01. The molecule has 0 saturated carbocycles. The number of rotatable bonds is 5. The Morgan fingerprint density at radius 1 is 1.41 bits per heavy atom. The Balaban J connectivity index is 0.00000242. The van der Waals surface area contributed by atoms with E-state index in [1.165, 1.54) is 0 Å². The van der Waals surface area contributed by atoms with Crippen LogP contribution in [0, 0.1) is 5.92 Å². The summed E-state index contributed by atoms with van der Waals surface area (Å²) in [6, 6.07) is 8.04. The highest BCUT2D eigenvalue weighted by Crippen LogP contribution is 2.30.